The average molecular weight is 389 g/mol. The van der Waals surface area contributed by atoms with Crippen molar-refractivity contribution in [1.29, 1.82) is 0 Å². The molecular formula is C19H17BrO4. The number of esters is 1. The van der Waals surface area contributed by atoms with Gasteiger partial charge in [0, 0.05) is 10.4 Å². The van der Waals surface area contributed by atoms with Gasteiger partial charge in [-0.15, -0.1) is 0 Å². The van der Waals surface area contributed by atoms with Crippen LogP contribution in [0.4, 0.5) is 0 Å². The van der Waals surface area contributed by atoms with Crippen molar-refractivity contribution in [2.75, 3.05) is 6.61 Å². The van der Waals surface area contributed by atoms with Crippen molar-refractivity contribution in [2.45, 2.75) is 19.3 Å². The summed E-state index contributed by atoms with van der Waals surface area (Å²) in [5.41, 5.74) is 1.74. The van der Waals surface area contributed by atoms with E-state index in [1.807, 2.05) is 30.3 Å². The van der Waals surface area contributed by atoms with Gasteiger partial charge in [0.2, 0.25) is 0 Å². The Morgan fingerprint density at radius 1 is 1.29 bits per heavy atom. The number of ketones is 1. The van der Waals surface area contributed by atoms with Crippen molar-refractivity contribution in [3.8, 4) is 0 Å². The third-order valence-electron chi connectivity index (χ3n) is 4.14. The van der Waals surface area contributed by atoms with Crippen LogP contribution in [0, 0.1) is 5.92 Å². The molecule has 3 rings (SSSR count). The summed E-state index contributed by atoms with van der Waals surface area (Å²) in [5.74, 6) is -1.13. The molecule has 0 N–H and O–H groups in total. The summed E-state index contributed by atoms with van der Waals surface area (Å²) >= 11 is 3.41. The van der Waals surface area contributed by atoms with Crippen LogP contribution in [0.25, 0.3) is 5.57 Å². The first-order chi connectivity index (χ1) is 11.6. The van der Waals surface area contributed by atoms with Crippen LogP contribution in [0.2, 0.25) is 0 Å². The number of halogens is 1. The van der Waals surface area contributed by atoms with Crippen molar-refractivity contribution in [3.63, 3.8) is 0 Å². The number of ether oxygens (including phenoxy) is 1. The second-order valence-electron chi connectivity index (χ2n) is 5.64. The summed E-state index contributed by atoms with van der Waals surface area (Å²) in [7, 11) is 0. The summed E-state index contributed by atoms with van der Waals surface area (Å²) in [6.07, 6.45) is 3.63. The predicted octanol–water partition coefficient (Wildman–Crippen LogP) is 4.36. The molecule has 0 spiro atoms. The number of furan rings is 1. The third-order valence-corrected chi connectivity index (χ3v) is 4.67. The molecule has 124 valence electrons. The Morgan fingerprint density at radius 2 is 2.04 bits per heavy atom. The smallest absolute Gasteiger partial charge is 0.317 e. The van der Waals surface area contributed by atoms with E-state index in [-0.39, 0.29) is 18.3 Å². The van der Waals surface area contributed by atoms with Gasteiger partial charge in [0.15, 0.2) is 5.78 Å². The van der Waals surface area contributed by atoms with Crippen LogP contribution in [0.15, 0.2) is 57.6 Å². The minimum Gasteiger partial charge on any atom is -0.465 e. The highest BCUT2D eigenvalue weighted by Crippen LogP contribution is 2.40. The molecular weight excluding hydrogens is 372 g/mol. The fraction of sp³-hybridized carbons (Fsp3) is 0.263. The number of carbonyl (C=O) groups is 2. The molecule has 0 aliphatic heterocycles. The van der Waals surface area contributed by atoms with Gasteiger partial charge in [-0.1, -0.05) is 28.1 Å². The van der Waals surface area contributed by atoms with Gasteiger partial charge in [-0.2, -0.15) is 0 Å². The average Bonchev–Trinajstić information content (AvgIpc) is 3.09. The fourth-order valence-electron chi connectivity index (χ4n) is 3.04. The Hall–Kier alpha value is -2.14. The van der Waals surface area contributed by atoms with Crippen LogP contribution < -0.4 is 0 Å². The van der Waals surface area contributed by atoms with Crippen molar-refractivity contribution < 1.29 is 18.7 Å². The number of benzene rings is 1. The summed E-state index contributed by atoms with van der Waals surface area (Å²) in [5, 5.41) is 0. The first-order valence-electron chi connectivity index (χ1n) is 7.80. The minimum absolute atomic E-state index is 0.237. The van der Waals surface area contributed by atoms with E-state index in [4.69, 9.17) is 9.15 Å². The Bertz CT molecular complexity index is 759. The van der Waals surface area contributed by atoms with E-state index < -0.39 is 11.9 Å². The van der Waals surface area contributed by atoms with Gasteiger partial charge >= 0.3 is 5.97 Å². The predicted molar refractivity (Wildman–Crippen MR) is 93.3 cm³/mol. The van der Waals surface area contributed by atoms with Crippen molar-refractivity contribution in [1.82, 2.24) is 0 Å². The van der Waals surface area contributed by atoms with Crippen molar-refractivity contribution in [2.24, 2.45) is 5.92 Å². The number of rotatable bonds is 4. The van der Waals surface area contributed by atoms with Gasteiger partial charge in [-0.3, -0.25) is 9.59 Å². The second kappa shape index (κ2) is 7.18. The highest BCUT2D eigenvalue weighted by Gasteiger charge is 2.40. The second-order valence-corrected chi connectivity index (χ2v) is 6.56. The minimum atomic E-state index is -0.815. The van der Waals surface area contributed by atoms with E-state index >= 15 is 0 Å². The maximum atomic E-state index is 12.6. The number of allylic oxidation sites excluding steroid dienone is 2. The van der Waals surface area contributed by atoms with Crippen LogP contribution in [0.3, 0.4) is 0 Å². The van der Waals surface area contributed by atoms with E-state index in [1.54, 1.807) is 19.3 Å². The first kappa shape index (κ1) is 16.7. The quantitative estimate of drug-likeness (QED) is 0.576. The van der Waals surface area contributed by atoms with E-state index in [0.717, 1.165) is 15.6 Å². The lowest BCUT2D eigenvalue weighted by molar-refractivity contribution is -0.151. The topological polar surface area (TPSA) is 56.5 Å². The Balaban J connectivity index is 2.00. The van der Waals surface area contributed by atoms with E-state index in [0.29, 0.717) is 12.2 Å². The van der Waals surface area contributed by atoms with Gasteiger partial charge in [0.25, 0.3) is 0 Å². The molecule has 0 bridgehead atoms. The lowest BCUT2D eigenvalue weighted by atomic mass is 9.74. The van der Waals surface area contributed by atoms with E-state index in [2.05, 4.69) is 15.9 Å². The molecule has 4 nitrogen and oxygen atoms in total. The molecule has 0 radical (unpaired) electrons. The van der Waals surface area contributed by atoms with Crippen molar-refractivity contribution in [3.05, 3.63) is 64.5 Å². The molecule has 0 saturated heterocycles. The lowest BCUT2D eigenvalue weighted by Gasteiger charge is -2.28. The van der Waals surface area contributed by atoms with Crippen molar-refractivity contribution >= 4 is 33.3 Å². The number of carbonyl (C=O) groups excluding carboxylic acids is 2. The van der Waals surface area contributed by atoms with Gasteiger partial charge < -0.3 is 9.15 Å². The zero-order valence-electron chi connectivity index (χ0n) is 13.2. The molecule has 0 fully saturated rings. The molecule has 1 aromatic heterocycles. The van der Waals surface area contributed by atoms with Crippen LogP contribution in [-0.2, 0) is 14.3 Å². The molecule has 0 amide bonds. The third kappa shape index (κ3) is 3.36. The SMILES string of the molecule is CCOC(=O)C1C(=O)C=C(c2ccco2)CC1c1ccc(Br)cc1. The molecule has 1 aliphatic rings. The van der Waals surface area contributed by atoms with Gasteiger partial charge in [-0.05, 0) is 54.8 Å². The molecule has 1 aromatic carbocycles. The Morgan fingerprint density at radius 3 is 2.67 bits per heavy atom. The molecule has 2 aromatic rings. The zero-order chi connectivity index (χ0) is 17.1. The van der Waals surface area contributed by atoms with Gasteiger partial charge in [-0.25, -0.2) is 0 Å². The first-order valence-corrected chi connectivity index (χ1v) is 8.60. The Labute approximate surface area is 148 Å². The highest BCUT2D eigenvalue weighted by atomic mass is 79.9. The molecule has 1 heterocycles. The Kier molecular flexibility index (Phi) is 5.00. The summed E-state index contributed by atoms with van der Waals surface area (Å²) < 4.78 is 11.5. The lowest BCUT2D eigenvalue weighted by Crippen LogP contribution is -2.33. The monoisotopic (exact) mass is 388 g/mol. The maximum absolute atomic E-state index is 12.6. The number of hydrogen-bond acceptors (Lipinski definition) is 4. The van der Waals surface area contributed by atoms with Gasteiger partial charge in [0.05, 0.1) is 12.9 Å². The summed E-state index contributed by atoms with van der Waals surface area (Å²) in [4.78, 5) is 25.0. The summed E-state index contributed by atoms with van der Waals surface area (Å²) in [6, 6.07) is 11.3. The molecule has 1 aliphatic carbocycles. The van der Waals surface area contributed by atoms with E-state index in [1.165, 1.54) is 6.08 Å². The standard InChI is InChI=1S/C19H17BrO4/c1-2-23-19(22)18-15(12-5-7-14(20)8-6-12)10-13(11-16(18)21)17-4-3-9-24-17/h3-9,11,15,18H,2,10H2,1H3. The molecule has 24 heavy (non-hydrogen) atoms. The van der Waals surface area contributed by atoms with Crippen LogP contribution in [-0.4, -0.2) is 18.4 Å². The maximum Gasteiger partial charge on any atom is 0.317 e. The van der Waals surface area contributed by atoms with Crippen LogP contribution >= 0.6 is 15.9 Å². The molecule has 2 atom stereocenters. The van der Waals surface area contributed by atoms with Crippen LogP contribution in [0.5, 0.6) is 0 Å². The highest BCUT2D eigenvalue weighted by molar-refractivity contribution is 9.10. The molecule has 0 saturated carbocycles. The summed E-state index contributed by atoms with van der Waals surface area (Å²) in [6.45, 7) is 1.99. The molecule has 2 unspecified atom stereocenters. The molecule has 5 heteroatoms. The normalized spacial score (nSPS) is 20.6. The fourth-order valence-corrected chi connectivity index (χ4v) is 3.30. The largest absolute Gasteiger partial charge is 0.465 e. The van der Waals surface area contributed by atoms with Gasteiger partial charge in [0.1, 0.15) is 11.7 Å². The zero-order valence-corrected chi connectivity index (χ0v) is 14.8. The number of hydrogen-bond donors (Lipinski definition) is 0. The van der Waals surface area contributed by atoms with E-state index in [9.17, 15) is 9.59 Å². The van der Waals surface area contributed by atoms with Crippen LogP contribution in [0.1, 0.15) is 30.6 Å².